The Morgan fingerprint density at radius 3 is 2.69 bits per heavy atom. The van der Waals surface area contributed by atoms with Crippen molar-refractivity contribution in [3.05, 3.63) is 12.2 Å². The fourth-order valence-electron chi connectivity index (χ4n) is 0.974. The second kappa shape index (κ2) is 8.98. The average Bonchev–Trinajstić information content (AvgIpc) is 2.16. The van der Waals surface area contributed by atoms with Crippen LogP contribution in [0.4, 0.5) is 0 Å². The molecule has 0 heterocycles. The number of alkyl halides is 1. The number of halogens is 1. The molecular weight excluding hydrogens is 250 g/mol. The molecule has 0 fully saturated rings. The lowest BCUT2D eigenvalue weighted by Gasteiger charge is -2.06. The number of rotatable bonds is 10. The Balaban J connectivity index is 3.54. The first kappa shape index (κ1) is 15.9. The van der Waals surface area contributed by atoms with Crippen LogP contribution in [0, 0.1) is 0 Å². The smallest absolute Gasteiger partial charge is 0.211 e. The van der Waals surface area contributed by atoms with E-state index in [1.807, 2.05) is 6.92 Å². The summed E-state index contributed by atoms with van der Waals surface area (Å²) in [5, 5.41) is 0. The van der Waals surface area contributed by atoms with Gasteiger partial charge in [0.2, 0.25) is 10.0 Å². The standard InChI is InChI=1S/C10H20ClNO3S/c1-10(2)9-15-7-6-12-16(13,14)8-4-3-5-11/h12H,1,3-9H2,2H3. The predicted octanol–water partition coefficient (Wildman–Crippen LogP) is 1.52. The first-order chi connectivity index (χ1) is 7.48. The molecule has 0 saturated carbocycles. The van der Waals surface area contributed by atoms with Crippen LogP contribution in [0.2, 0.25) is 0 Å². The highest BCUT2D eigenvalue weighted by Gasteiger charge is 2.08. The Hall–Kier alpha value is -0.100. The van der Waals surface area contributed by atoms with E-state index < -0.39 is 10.0 Å². The number of nitrogens with one attached hydrogen (secondary N) is 1. The van der Waals surface area contributed by atoms with E-state index in [-0.39, 0.29) is 5.75 Å². The summed E-state index contributed by atoms with van der Waals surface area (Å²) in [7, 11) is -3.17. The van der Waals surface area contributed by atoms with Gasteiger partial charge in [-0.15, -0.1) is 11.6 Å². The Morgan fingerprint density at radius 2 is 2.12 bits per heavy atom. The number of hydrogen-bond donors (Lipinski definition) is 1. The van der Waals surface area contributed by atoms with Crippen molar-refractivity contribution in [2.45, 2.75) is 19.8 Å². The average molecular weight is 270 g/mol. The lowest BCUT2D eigenvalue weighted by Crippen LogP contribution is -2.29. The van der Waals surface area contributed by atoms with Gasteiger partial charge in [-0.2, -0.15) is 0 Å². The van der Waals surface area contributed by atoms with Gasteiger partial charge in [0.1, 0.15) is 0 Å². The van der Waals surface area contributed by atoms with E-state index in [2.05, 4.69) is 11.3 Å². The Bertz CT molecular complexity index is 290. The fraction of sp³-hybridized carbons (Fsp3) is 0.800. The minimum atomic E-state index is -3.17. The first-order valence-electron chi connectivity index (χ1n) is 5.23. The number of hydrogen-bond acceptors (Lipinski definition) is 3. The Kier molecular flexibility index (Phi) is 8.93. The molecule has 0 aromatic carbocycles. The van der Waals surface area contributed by atoms with Crippen LogP contribution in [-0.4, -0.2) is 39.8 Å². The molecule has 1 N–H and O–H groups in total. The zero-order chi connectivity index (χ0) is 12.4. The summed E-state index contributed by atoms with van der Waals surface area (Å²) in [5.74, 6) is 0.622. The van der Waals surface area contributed by atoms with E-state index in [0.29, 0.717) is 38.5 Å². The highest BCUT2D eigenvalue weighted by molar-refractivity contribution is 7.89. The number of sulfonamides is 1. The second-order valence-electron chi connectivity index (χ2n) is 3.62. The van der Waals surface area contributed by atoms with Crippen LogP contribution in [0.3, 0.4) is 0 Å². The van der Waals surface area contributed by atoms with E-state index in [9.17, 15) is 8.42 Å². The van der Waals surface area contributed by atoms with Crippen molar-refractivity contribution in [1.82, 2.24) is 4.72 Å². The molecular formula is C10H20ClNO3S. The third-order valence-electron chi connectivity index (χ3n) is 1.71. The molecule has 0 amide bonds. The lowest BCUT2D eigenvalue weighted by molar-refractivity contribution is 0.162. The Labute approximate surface area is 103 Å². The van der Waals surface area contributed by atoms with E-state index in [1.165, 1.54) is 0 Å². The van der Waals surface area contributed by atoms with Crippen molar-refractivity contribution >= 4 is 21.6 Å². The molecule has 0 aliphatic heterocycles. The van der Waals surface area contributed by atoms with Gasteiger partial charge >= 0.3 is 0 Å². The molecule has 0 spiro atoms. The molecule has 0 atom stereocenters. The molecule has 0 rings (SSSR count). The van der Waals surface area contributed by atoms with Crippen molar-refractivity contribution in [1.29, 1.82) is 0 Å². The van der Waals surface area contributed by atoms with E-state index in [4.69, 9.17) is 16.3 Å². The van der Waals surface area contributed by atoms with Gasteiger partial charge in [0.15, 0.2) is 0 Å². The van der Waals surface area contributed by atoms with E-state index in [1.54, 1.807) is 0 Å². The van der Waals surface area contributed by atoms with E-state index >= 15 is 0 Å². The van der Waals surface area contributed by atoms with Crippen LogP contribution in [0.5, 0.6) is 0 Å². The maximum absolute atomic E-state index is 11.4. The summed E-state index contributed by atoms with van der Waals surface area (Å²) in [6.45, 7) is 6.66. The molecule has 0 aliphatic carbocycles. The van der Waals surface area contributed by atoms with Gasteiger partial charge < -0.3 is 4.74 Å². The molecule has 0 unspecified atom stereocenters. The third-order valence-corrected chi connectivity index (χ3v) is 3.45. The van der Waals surface area contributed by atoms with Gasteiger partial charge in [-0.1, -0.05) is 12.2 Å². The summed E-state index contributed by atoms with van der Waals surface area (Å²) in [6.07, 6.45) is 1.31. The molecule has 0 radical (unpaired) electrons. The van der Waals surface area contributed by atoms with E-state index in [0.717, 1.165) is 5.57 Å². The molecule has 4 nitrogen and oxygen atoms in total. The molecule has 0 aliphatic rings. The molecule has 96 valence electrons. The number of ether oxygens (including phenoxy) is 1. The summed E-state index contributed by atoms with van der Waals surface area (Å²) < 4.78 is 30.4. The van der Waals surface area contributed by atoms with Crippen molar-refractivity contribution in [3.8, 4) is 0 Å². The quantitative estimate of drug-likeness (QED) is 0.372. The maximum atomic E-state index is 11.4. The lowest BCUT2D eigenvalue weighted by atomic mass is 10.4. The van der Waals surface area contributed by atoms with Crippen molar-refractivity contribution in [2.24, 2.45) is 0 Å². The monoisotopic (exact) mass is 269 g/mol. The van der Waals surface area contributed by atoms with Gasteiger partial charge in [-0.05, 0) is 19.8 Å². The predicted molar refractivity (Wildman–Crippen MR) is 67.4 cm³/mol. The molecule has 0 aromatic rings. The zero-order valence-electron chi connectivity index (χ0n) is 9.67. The zero-order valence-corrected chi connectivity index (χ0v) is 11.2. The maximum Gasteiger partial charge on any atom is 0.211 e. The summed E-state index contributed by atoms with van der Waals surface area (Å²) in [6, 6.07) is 0. The van der Waals surface area contributed by atoms with Gasteiger partial charge in [-0.25, -0.2) is 13.1 Å². The van der Waals surface area contributed by atoms with Crippen LogP contribution >= 0.6 is 11.6 Å². The minimum Gasteiger partial charge on any atom is -0.376 e. The van der Waals surface area contributed by atoms with Crippen LogP contribution in [0.25, 0.3) is 0 Å². The largest absolute Gasteiger partial charge is 0.376 e. The van der Waals surface area contributed by atoms with Crippen LogP contribution in [0.15, 0.2) is 12.2 Å². The third kappa shape index (κ3) is 10.4. The van der Waals surface area contributed by atoms with Crippen molar-refractivity contribution in [2.75, 3.05) is 31.4 Å². The van der Waals surface area contributed by atoms with Crippen LogP contribution < -0.4 is 4.72 Å². The van der Waals surface area contributed by atoms with Gasteiger partial charge in [0, 0.05) is 12.4 Å². The van der Waals surface area contributed by atoms with Gasteiger partial charge in [0.05, 0.1) is 19.0 Å². The normalized spacial score (nSPS) is 11.6. The molecule has 0 saturated heterocycles. The SMILES string of the molecule is C=C(C)COCCNS(=O)(=O)CCCCCl. The van der Waals surface area contributed by atoms with Crippen molar-refractivity contribution < 1.29 is 13.2 Å². The summed E-state index contributed by atoms with van der Waals surface area (Å²) in [5.41, 5.74) is 0.921. The molecule has 16 heavy (non-hydrogen) atoms. The highest BCUT2D eigenvalue weighted by Crippen LogP contribution is 1.96. The fourth-order valence-corrected chi connectivity index (χ4v) is 2.29. The molecule has 6 heteroatoms. The highest BCUT2D eigenvalue weighted by atomic mass is 35.5. The molecule has 0 bridgehead atoms. The Morgan fingerprint density at radius 1 is 1.44 bits per heavy atom. The minimum absolute atomic E-state index is 0.125. The second-order valence-corrected chi connectivity index (χ2v) is 5.92. The summed E-state index contributed by atoms with van der Waals surface area (Å²) in [4.78, 5) is 0. The van der Waals surface area contributed by atoms with Crippen molar-refractivity contribution in [3.63, 3.8) is 0 Å². The summed E-state index contributed by atoms with van der Waals surface area (Å²) >= 11 is 5.46. The van der Waals surface area contributed by atoms with Crippen LogP contribution in [-0.2, 0) is 14.8 Å². The number of unbranched alkanes of at least 4 members (excludes halogenated alkanes) is 1. The topological polar surface area (TPSA) is 55.4 Å². The van der Waals surface area contributed by atoms with Crippen LogP contribution in [0.1, 0.15) is 19.8 Å². The first-order valence-corrected chi connectivity index (χ1v) is 7.42. The molecule has 0 aromatic heterocycles. The van der Waals surface area contributed by atoms with Gasteiger partial charge in [-0.3, -0.25) is 0 Å². The van der Waals surface area contributed by atoms with Gasteiger partial charge in [0.25, 0.3) is 0 Å².